The van der Waals surface area contributed by atoms with Crippen molar-refractivity contribution >= 4 is 15.9 Å². The lowest BCUT2D eigenvalue weighted by Crippen LogP contribution is -2.51. The Morgan fingerprint density at radius 1 is 1.22 bits per heavy atom. The van der Waals surface area contributed by atoms with Crippen LogP contribution >= 0.6 is 0 Å². The summed E-state index contributed by atoms with van der Waals surface area (Å²) < 4.78 is 28.1. The van der Waals surface area contributed by atoms with Crippen LogP contribution in [-0.4, -0.2) is 45.4 Å². The summed E-state index contributed by atoms with van der Waals surface area (Å²) in [6, 6.07) is 9.23. The first-order chi connectivity index (χ1) is 8.66. The Bertz CT molecular complexity index is 469. The summed E-state index contributed by atoms with van der Waals surface area (Å²) >= 11 is 0. The summed E-state index contributed by atoms with van der Waals surface area (Å²) in [5.41, 5.74) is 0.721. The Labute approximate surface area is 109 Å². The molecular weight excluding hydrogens is 250 g/mol. The molecule has 6 heteroatoms. The van der Waals surface area contributed by atoms with E-state index in [-0.39, 0.29) is 0 Å². The maximum atomic E-state index is 12.5. The van der Waals surface area contributed by atoms with Gasteiger partial charge in [-0.05, 0) is 19.1 Å². The molecule has 0 bridgehead atoms. The van der Waals surface area contributed by atoms with Gasteiger partial charge in [0, 0.05) is 32.7 Å². The van der Waals surface area contributed by atoms with Gasteiger partial charge in [-0.1, -0.05) is 18.2 Å². The quantitative estimate of drug-likeness (QED) is 0.874. The number of hydrogen-bond acceptors (Lipinski definition) is 3. The fourth-order valence-electron chi connectivity index (χ4n) is 2.09. The fourth-order valence-corrected chi connectivity index (χ4v) is 3.72. The van der Waals surface area contributed by atoms with Crippen LogP contribution in [0.2, 0.25) is 0 Å². The van der Waals surface area contributed by atoms with Crippen molar-refractivity contribution in [3.8, 4) is 0 Å². The summed E-state index contributed by atoms with van der Waals surface area (Å²) in [4.78, 5) is 0. The zero-order chi connectivity index (χ0) is 13.0. The number of anilines is 1. The van der Waals surface area contributed by atoms with E-state index >= 15 is 0 Å². The highest BCUT2D eigenvalue weighted by Gasteiger charge is 2.29. The van der Waals surface area contributed by atoms with E-state index in [2.05, 4.69) is 5.32 Å². The van der Waals surface area contributed by atoms with Crippen LogP contribution in [0.15, 0.2) is 30.3 Å². The molecule has 18 heavy (non-hydrogen) atoms. The van der Waals surface area contributed by atoms with Crippen LogP contribution in [0.3, 0.4) is 0 Å². The van der Waals surface area contributed by atoms with E-state index in [9.17, 15) is 8.42 Å². The molecular formula is C12H19N3O2S. The molecule has 0 unspecified atom stereocenters. The van der Waals surface area contributed by atoms with Crippen molar-refractivity contribution in [2.45, 2.75) is 6.92 Å². The molecule has 1 aliphatic heterocycles. The number of nitrogens with zero attached hydrogens (tertiary/aromatic N) is 2. The second-order valence-electron chi connectivity index (χ2n) is 4.16. The molecule has 0 amide bonds. The van der Waals surface area contributed by atoms with Gasteiger partial charge in [0.05, 0.1) is 5.69 Å². The van der Waals surface area contributed by atoms with Crippen molar-refractivity contribution in [2.24, 2.45) is 0 Å². The van der Waals surface area contributed by atoms with E-state index in [1.165, 1.54) is 4.31 Å². The van der Waals surface area contributed by atoms with Crippen molar-refractivity contribution in [3.63, 3.8) is 0 Å². The Kier molecular flexibility index (Phi) is 4.21. The lowest BCUT2D eigenvalue weighted by molar-refractivity contribution is 0.359. The van der Waals surface area contributed by atoms with E-state index in [0.29, 0.717) is 32.7 Å². The highest BCUT2D eigenvalue weighted by Crippen LogP contribution is 2.19. The van der Waals surface area contributed by atoms with Gasteiger partial charge in [0.1, 0.15) is 0 Å². The lowest BCUT2D eigenvalue weighted by Gasteiger charge is -2.32. The largest absolute Gasteiger partial charge is 0.314 e. The Balaban J connectivity index is 2.26. The fraction of sp³-hybridized carbons (Fsp3) is 0.500. The Morgan fingerprint density at radius 3 is 2.39 bits per heavy atom. The highest BCUT2D eigenvalue weighted by molar-refractivity contribution is 7.90. The Morgan fingerprint density at radius 2 is 1.83 bits per heavy atom. The number of benzene rings is 1. The smallest absolute Gasteiger partial charge is 0.304 e. The number of para-hydroxylation sites is 1. The summed E-state index contributed by atoms with van der Waals surface area (Å²) in [5.74, 6) is 0. The molecule has 100 valence electrons. The molecule has 0 aliphatic carbocycles. The lowest BCUT2D eigenvalue weighted by atomic mass is 10.3. The van der Waals surface area contributed by atoms with Crippen molar-refractivity contribution in [3.05, 3.63) is 30.3 Å². The first kappa shape index (κ1) is 13.3. The number of nitrogens with one attached hydrogen (secondary N) is 1. The molecule has 0 radical (unpaired) electrons. The molecule has 1 fully saturated rings. The van der Waals surface area contributed by atoms with E-state index < -0.39 is 10.2 Å². The van der Waals surface area contributed by atoms with Crippen LogP contribution in [-0.2, 0) is 10.2 Å². The van der Waals surface area contributed by atoms with Gasteiger partial charge in [-0.2, -0.15) is 12.7 Å². The van der Waals surface area contributed by atoms with Crippen LogP contribution in [0.4, 0.5) is 5.69 Å². The van der Waals surface area contributed by atoms with Crippen molar-refractivity contribution in [1.29, 1.82) is 0 Å². The minimum atomic E-state index is -3.40. The topological polar surface area (TPSA) is 52.7 Å². The predicted octanol–water partition coefficient (Wildman–Crippen LogP) is 0.663. The summed E-state index contributed by atoms with van der Waals surface area (Å²) in [7, 11) is -3.40. The van der Waals surface area contributed by atoms with Gasteiger partial charge in [-0.25, -0.2) is 0 Å². The van der Waals surface area contributed by atoms with Gasteiger partial charge >= 0.3 is 10.2 Å². The van der Waals surface area contributed by atoms with Crippen LogP contribution < -0.4 is 9.62 Å². The molecule has 1 aromatic carbocycles. The molecule has 1 heterocycles. The predicted molar refractivity (Wildman–Crippen MR) is 72.8 cm³/mol. The molecule has 1 aromatic rings. The average molecular weight is 269 g/mol. The second kappa shape index (κ2) is 5.69. The molecule has 0 saturated carbocycles. The van der Waals surface area contributed by atoms with Crippen LogP contribution in [0.1, 0.15) is 6.92 Å². The standard InChI is InChI=1S/C12H19N3O2S/c1-2-15(12-6-4-3-5-7-12)18(16,17)14-10-8-13-9-11-14/h3-7,13H,2,8-11H2,1H3. The normalized spacial score (nSPS) is 17.6. The number of hydrogen-bond donors (Lipinski definition) is 1. The molecule has 0 aromatic heterocycles. The maximum Gasteiger partial charge on any atom is 0.304 e. The van der Waals surface area contributed by atoms with Gasteiger partial charge in [-0.15, -0.1) is 0 Å². The monoisotopic (exact) mass is 269 g/mol. The molecule has 1 aliphatic rings. The van der Waals surface area contributed by atoms with Crippen molar-refractivity contribution in [1.82, 2.24) is 9.62 Å². The van der Waals surface area contributed by atoms with Crippen molar-refractivity contribution < 1.29 is 8.42 Å². The zero-order valence-corrected chi connectivity index (χ0v) is 11.4. The minimum absolute atomic E-state index is 0.441. The van der Waals surface area contributed by atoms with Gasteiger partial charge in [0.15, 0.2) is 0 Å². The molecule has 1 N–H and O–H groups in total. The van der Waals surface area contributed by atoms with E-state index in [1.807, 2.05) is 37.3 Å². The van der Waals surface area contributed by atoms with E-state index in [1.54, 1.807) is 4.31 Å². The maximum absolute atomic E-state index is 12.5. The van der Waals surface area contributed by atoms with Gasteiger partial charge in [0.2, 0.25) is 0 Å². The average Bonchev–Trinajstić information content (AvgIpc) is 2.41. The van der Waals surface area contributed by atoms with Gasteiger partial charge in [0.25, 0.3) is 0 Å². The summed E-state index contributed by atoms with van der Waals surface area (Å²) in [6.07, 6.45) is 0. The molecule has 0 atom stereocenters. The number of piperazine rings is 1. The Hall–Kier alpha value is -1.11. The molecule has 5 nitrogen and oxygen atoms in total. The minimum Gasteiger partial charge on any atom is -0.314 e. The van der Waals surface area contributed by atoms with Crippen molar-refractivity contribution in [2.75, 3.05) is 37.0 Å². The number of rotatable bonds is 4. The third kappa shape index (κ3) is 2.66. The first-order valence-electron chi connectivity index (χ1n) is 6.20. The third-order valence-corrected chi connectivity index (χ3v) is 5.06. The summed E-state index contributed by atoms with van der Waals surface area (Å²) in [5, 5.41) is 3.16. The highest BCUT2D eigenvalue weighted by atomic mass is 32.2. The molecule has 2 rings (SSSR count). The molecule has 1 saturated heterocycles. The zero-order valence-electron chi connectivity index (χ0n) is 10.5. The van der Waals surface area contributed by atoms with Crippen LogP contribution in [0.25, 0.3) is 0 Å². The second-order valence-corrected chi connectivity index (χ2v) is 6.01. The first-order valence-corrected chi connectivity index (χ1v) is 7.59. The summed E-state index contributed by atoms with van der Waals surface area (Å²) in [6.45, 7) is 4.79. The SMILES string of the molecule is CCN(c1ccccc1)S(=O)(=O)N1CCNCC1. The third-order valence-electron chi connectivity index (χ3n) is 3.01. The van der Waals surface area contributed by atoms with Crippen LogP contribution in [0, 0.1) is 0 Å². The van der Waals surface area contributed by atoms with Gasteiger partial charge in [-0.3, -0.25) is 4.31 Å². The van der Waals surface area contributed by atoms with Gasteiger partial charge < -0.3 is 5.32 Å². The van der Waals surface area contributed by atoms with Crippen LogP contribution in [0.5, 0.6) is 0 Å². The van der Waals surface area contributed by atoms with E-state index in [4.69, 9.17) is 0 Å². The molecule has 0 spiro atoms. The van der Waals surface area contributed by atoms with E-state index in [0.717, 1.165) is 5.69 Å².